The van der Waals surface area contributed by atoms with Gasteiger partial charge in [0.1, 0.15) is 0 Å². The van der Waals surface area contributed by atoms with E-state index in [1.54, 1.807) is 0 Å². The third kappa shape index (κ3) is 3.51. The van der Waals surface area contributed by atoms with Crippen molar-refractivity contribution >= 4 is 36.7 Å². The summed E-state index contributed by atoms with van der Waals surface area (Å²) in [6.07, 6.45) is 2.47. The summed E-state index contributed by atoms with van der Waals surface area (Å²) < 4.78 is 1.23. The Morgan fingerprint density at radius 3 is 3.00 bits per heavy atom. The molecule has 0 fully saturated rings. The van der Waals surface area contributed by atoms with E-state index in [1.807, 2.05) is 11.4 Å². The van der Waals surface area contributed by atoms with Crippen molar-refractivity contribution in [2.75, 3.05) is 0 Å². The number of rotatable bonds is 5. The average Bonchev–Trinajstić information content (AvgIpc) is 2.53. The molecule has 1 aromatic heterocycles. The van der Waals surface area contributed by atoms with E-state index >= 15 is 0 Å². The van der Waals surface area contributed by atoms with Crippen molar-refractivity contribution in [3.8, 4) is 0 Å². The minimum absolute atomic E-state index is 0.466. The van der Waals surface area contributed by atoms with Gasteiger partial charge in [0.15, 0.2) is 0 Å². The van der Waals surface area contributed by atoms with Crippen LogP contribution in [0, 0.1) is 0 Å². The number of carboxylic acid groups (broad SMARTS) is 1. The summed E-state index contributed by atoms with van der Waals surface area (Å²) in [7, 11) is 0. The predicted molar refractivity (Wildman–Crippen MR) is 56.4 cm³/mol. The number of unbranched alkanes of at least 4 members (excludes halogenated alkanes) is 1. The summed E-state index contributed by atoms with van der Waals surface area (Å²) in [5.41, 5.74) is 0. The second kappa shape index (κ2) is 5.43. The van der Waals surface area contributed by atoms with Crippen LogP contribution in [-0.4, -0.2) is 26.0 Å². The number of hydrogen-bond acceptors (Lipinski definition) is 2. The van der Waals surface area contributed by atoms with Crippen molar-refractivity contribution in [3.05, 3.63) is 16.3 Å². The molecule has 0 spiro atoms. The fraction of sp³-hybridized carbons (Fsp3) is 0.444. The van der Waals surface area contributed by atoms with Gasteiger partial charge in [0.2, 0.25) is 0 Å². The zero-order valence-electron chi connectivity index (χ0n) is 7.45. The van der Waals surface area contributed by atoms with E-state index in [0.29, 0.717) is 19.8 Å². The van der Waals surface area contributed by atoms with E-state index < -0.39 is 5.97 Å². The first-order chi connectivity index (χ1) is 6.24. The van der Waals surface area contributed by atoms with Crippen LogP contribution in [0.15, 0.2) is 11.4 Å². The van der Waals surface area contributed by atoms with Gasteiger partial charge in [-0.3, -0.25) is 0 Å². The van der Waals surface area contributed by atoms with Crippen LogP contribution in [0.5, 0.6) is 0 Å². The zero-order valence-corrected chi connectivity index (χ0v) is 9.98. The Balaban J connectivity index is 2.44. The number of carboxylic acids is 1. The monoisotopic (exact) mass is 264 g/mol. The molecule has 4 heteroatoms. The van der Waals surface area contributed by atoms with Gasteiger partial charge >= 0.3 is 88.0 Å². The molecular weight excluding hydrogens is 251 g/mol. The molecule has 0 radical (unpaired) electrons. The molecule has 0 saturated heterocycles. The van der Waals surface area contributed by atoms with Gasteiger partial charge in [-0.2, -0.15) is 0 Å². The van der Waals surface area contributed by atoms with E-state index in [-0.39, 0.29) is 0 Å². The molecule has 1 N–H and O–H groups in total. The van der Waals surface area contributed by atoms with Gasteiger partial charge in [0, 0.05) is 0 Å². The Morgan fingerprint density at radius 2 is 2.46 bits per heavy atom. The molecule has 0 aliphatic rings. The zero-order chi connectivity index (χ0) is 9.68. The summed E-state index contributed by atoms with van der Waals surface area (Å²) in [6.45, 7) is 2.17. The Labute approximate surface area is 88.1 Å². The van der Waals surface area contributed by atoms with Gasteiger partial charge in [-0.15, -0.1) is 0 Å². The molecule has 0 unspecified atom stereocenters. The summed E-state index contributed by atoms with van der Waals surface area (Å²) >= 11 is 1.80. The molecule has 0 aliphatic heterocycles. The van der Waals surface area contributed by atoms with Crippen LogP contribution in [-0.2, 0) is 0 Å². The van der Waals surface area contributed by atoms with Crippen LogP contribution < -0.4 is 4.46 Å². The van der Waals surface area contributed by atoms with Crippen LogP contribution >= 0.6 is 11.3 Å². The van der Waals surface area contributed by atoms with Crippen molar-refractivity contribution in [3.63, 3.8) is 0 Å². The average molecular weight is 263 g/mol. The van der Waals surface area contributed by atoms with Gasteiger partial charge in [0.05, 0.1) is 0 Å². The number of hydrogen-bond donors (Lipinski definition) is 1. The molecule has 13 heavy (non-hydrogen) atoms. The molecule has 2 nitrogen and oxygen atoms in total. The molecule has 0 saturated carbocycles. The fourth-order valence-corrected chi connectivity index (χ4v) is 4.24. The van der Waals surface area contributed by atoms with E-state index in [0.717, 1.165) is 0 Å². The first-order valence-corrected chi connectivity index (χ1v) is 7.13. The van der Waals surface area contributed by atoms with Gasteiger partial charge in [-0.05, 0) is 0 Å². The van der Waals surface area contributed by atoms with Crippen LogP contribution in [0.1, 0.15) is 29.4 Å². The van der Waals surface area contributed by atoms with Crippen molar-refractivity contribution in [1.82, 2.24) is 0 Å². The van der Waals surface area contributed by atoms with Crippen LogP contribution in [0.4, 0.5) is 0 Å². The van der Waals surface area contributed by atoms with E-state index in [2.05, 4.69) is 6.92 Å². The second-order valence-corrected chi connectivity index (χ2v) is 6.02. The quantitative estimate of drug-likeness (QED) is 0.651. The molecule has 1 rings (SSSR count). The molecule has 0 aromatic carbocycles. The van der Waals surface area contributed by atoms with Crippen LogP contribution in [0.3, 0.4) is 0 Å². The van der Waals surface area contributed by atoms with Gasteiger partial charge < -0.3 is 0 Å². The third-order valence-corrected chi connectivity index (χ3v) is 5.04. The summed E-state index contributed by atoms with van der Waals surface area (Å²) in [4.78, 5) is 11.0. The summed E-state index contributed by atoms with van der Waals surface area (Å²) in [6, 6.07) is 1.81. The van der Waals surface area contributed by atoms with Crippen LogP contribution in [0.25, 0.3) is 0 Å². The molecule has 0 atom stereocenters. The number of carbonyl (C=O) groups is 1. The molecule has 0 aliphatic carbocycles. The van der Waals surface area contributed by atoms with Crippen LogP contribution in [0.2, 0.25) is 5.32 Å². The van der Waals surface area contributed by atoms with Crippen molar-refractivity contribution in [1.29, 1.82) is 0 Å². The Bertz CT molecular complexity index is 283. The number of aromatic carboxylic acids is 1. The van der Waals surface area contributed by atoms with Crippen molar-refractivity contribution < 1.29 is 9.90 Å². The SMILES string of the molecule is CCCC[Se]c1csc(C(=O)O)c1. The second-order valence-electron chi connectivity index (χ2n) is 2.65. The molecule has 72 valence electrons. The Kier molecular flexibility index (Phi) is 4.49. The normalized spacial score (nSPS) is 10.2. The van der Waals surface area contributed by atoms with E-state index in [9.17, 15) is 4.79 Å². The standard InChI is InChI=1S/C9H12O2SSe/c1-2-3-4-13-7-5-8(9(10)11)12-6-7/h5-6H,2-4H2,1H3,(H,10,11). The molecular formula is C9H12O2SSe. The first kappa shape index (κ1) is 10.8. The van der Waals surface area contributed by atoms with E-state index in [4.69, 9.17) is 5.11 Å². The molecule has 0 bridgehead atoms. The maximum atomic E-state index is 10.6. The summed E-state index contributed by atoms with van der Waals surface area (Å²) in [5, 5.41) is 11.9. The van der Waals surface area contributed by atoms with Gasteiger partial charge in [0.25, 0.3) is 0 Å². The van der Waals surface area contributed by atoms with Gasteiger partial charge in [-0.25, -0.2) is 0 Å². The van der Waals surface area contributed by atoms with Crippen molar-refractivity contribution in [2.24, 2.45) is 0 Å². The predicted octanol–water partition coefficient (Wildman–Crippen LogP) is 1.99. The van der Waals surface area contributed by atoms with E-state index in [1.165, 1.54) is 34.0 Å². The molecule has 1 heterocycles. The molecule has 1 aromatic rings. The van der Waals surface area contributed by atoms with Crippen molar-refractivity contribution in [2.45, 2.75) is 25.1 Å². The summed E-state index contributed by atoms with van der Waals surface area (Å²) in [5.74, 6) is -0.803. The van der Waals surface area contributed by atoms with Gasteiger partial charge in [-0.1, -0.05) is 0 Å². The molecule has 0 amide bonds. The fourth-order valence-electron chi connectivity index (χ4n) is 0.841. The third-order valence-electron chi connectivity index (χ3n) is 1.55. The Morgan fingerprint density at radius 1 is 1.69 bits per heavy atom. The topological polar surface area (TPSA) is 37.3 Å². The Hall–Kier alpha value is -0.311. The minimum atomic E-state index is -0.803. The maximum absolute atomic E-state index is 10.6. The first-order valence-electron chi connectivity index (χ1n) is 4.18. The number of thiophene rings is 1.